The smallest absolute Gasteiger partial charge is 0.239 e. The van der Waals surface area contributed by atoms with Crippen LogP contribution in [0.2, 0.25) is 0 Å². The quantitative estimate of drug-likeness (QED) is 0.854. The van der Waals surface area contributed by atoms with E-state index in [2.05, 4.69) is 17.6 Å². The molecule has 3 nitrogen and oxygen atoms in total. The van der Waals surface area contributed by atoms with Crippen LogP contribution in [-0.4, -0.2) is 12.5 Å². The molecule has 1 atom stereocenters. The number of carbonyl (C=O) groups excluding carboxylic acids is 1. The van der Waals surface area contributed by atoms with E-state index in [1.165, 1.54) is 17.7 Å². The van der Waals surface area contributed by atoms with Crippen LogP contribution in [0, 0.1) is 5.82 Å². The minimum Gasteiger partial charge on any atom is -0.376 e. The van der Waals surface area contributed by atoms with Crippen molar-refractivity contribution >= 4 is 11.6 Å². The molecule has 2 aromatic carbocycles. The number of benzene rings is 2. The summed E-state index contributed by atoms with van der Waals surface area (Å²) >= 11 is 0. The maximum atomic E-state index is 12.9. The van der Waals surface area contributed by atoms with Crippen molar-refractivity contribution in [1.82, 2.24) is 5.32 Å². The monoisotopic (exact) mass is 300 g/mol. The number of anilines is 1. The summed E-state index contributed by atoms with van der Waals surface area (Å²) in [6.45, 7) is 4.19. The van der Waals surface area contributed by atoms with Crippen molar-refractivity contribution in [3.05, 3.63) is 65.5 Å². The summed E-state index contributed by atoms with van der Waals surface area (Å²) in [4.78, 5) is 11.9. The summed E-state index contributed by atoms with van der Waals surface area (Å²) < 4.78 is 12.9. The number of nitrogens with one attached hydrogen (secondary N) is 2. The molecule has 0 saturated carbocycles. The lowest BCUT2D eigenvalue weighted by molar-refractivity contribution is -0.120. The van der Waals surface area contributed by atoms with E-state index in [-0.39, 0.29) is 24.3 Å². The third-order valence-corrected chi connectivity index (χ3v) is 3.56. The van der Waals surface area contributed by atoms with Crippen molar-refractivity contribution < 1.29 is 9.18 Å². The minimum atomic E-state index is -0.278. The van der Waals surface area contributed by atoms with Crippen molar-refractivity contribution in [2.24, 2.45) is 0 Å². The summed E-state index contributed by atoms with van der Waals surface area (Å²) in [6, 6.07) is 14.0. The van der Waals surface area contributed by atoms with E-state index in [0.717, 1.165) is 17.7 Å². The molecular formula is C18H21FN2O. The molecule has 0 heterocycles. The first-order valence-corrected chi connectivity index (χ1v) is 7.46. The van der Waals surface area contributed by atoms with Gasteiger partial charge in [0.1, 0.15) is 5.82 Å². The number of hydrogen-bond donors (Lipinski definition) is 2. The van der Waals surface area contributed by atoms with Crippen LogP contribution in [0.4, 0.5) is 10.1 Å². The zero-order valence-electron chi connectivity index (χ0n) is 12.9. The molecule has 1 unspecified atom stereocenters. The summed E-state index contributed by atoms with van der Waals surface area (Å²) in [7, 11) is 0. The molecule has 22 heavy (non-hydrogen) atoms. The van der Waals surface area contributed by atoms with E-state index in [4.69, 9.17) is 0 Å². The van der Waals surface area contributed by atoms with Crippen LogP contribution in [0.25, 0.3) is 0 Å². The number of hydrogen-bond acceptors (Lipinski definition) is 2. The Morgan fingerprint density at radius 2 is 1.73 bits per heavy atom. The van der Waals surface area contributed by atoms with Gasteiger partial charge in [-0.1, -0.05) is 31.2 Å². The lowest BCUT2D eigenvalue weighted by atomic mass is 10.1. The molecule has 2 aromatic rings. The first kappa shape index (κ1) is 16.0. The van der Waals surface area contributed by atoms with E-state index in [1.807, 2.05) is 31.2 Å². The molecule has 2 N–H and O–H groups in total. The zero-order chi connectivity index (χ0) is 15.9. The lowest BCUT2D eigenvalue weighted by Gasteiger charge is -2.15. The molecule has 0 saturated heterocycles. The number of halogens is 1. The Hall–Kier alpha value is -2.36. The molecule has 0 aliphatic rings. The standard InChI is InChI=1S/C18H21FN2O/c1-3-14-4-10-17(11-5-14)20-12-18(22)21-13(2)15-6-8-16(19)9-7-15/h4-11,13,20H,3,12H2,1-2H3,(H,21,22). The largest absolute Gasteiger partial charge is 0.376 e. The van der Waals surface area contributed by atoms with Gasteiger partial charge in [0, 0.05) is 5.69 Å². The molecule has 1 amide bonds. The third kappa shape index (κ3) is 4.58. The van der Waals surface area contributed by atoms with E-state index in [1.54, 1.807) is 12.1 Å². The van der Waals surface area contributed by atoms with Crippen molar-refractivity contribution in [3.63, 3.8) is 0 Å². The van der Waals surface area contributed by atoms with Gasteiger partial charge in [0.05, 0.1) is 12.6 Å². The molecule has 0 radical (unpaired) electrons. The number of amides is 1. The first-order chi connectivity index (χ1) is 10.6. The summed E-state index contributed by atoms with van der Waals surface area (Å²) in [5.41, 5.74) is 3.06. The number of rotatable bonds is 6. The van der Waals surface area contributed by atoms with Crippen LogP contribution in [0.3, 0.4) is 0 Å². The highest BCUT2D eigenvalue weighted by atomic mass is 19.1. The van der Waals surface area contributed by atoms with Crippen molar-refractivity contribution in [3.8, 4) is 0 Å². The Morgan fingerprint density at radius 1 is 1.09 bits per heavy atom. The van der Waals surface area contributed by atoms with Gasteiger partial charge in [0.25, 0.3) is 0 Å². The summed E-state index contributed by atoms with van der Waals surface area (Å²) in [5, 5.41) is 5.97. The van der Waals surface area contributed by atoms with E-state index in [0.29, 0.717) is 0 Å². The van der Waals surface area contributed by atoms with Gasteiger partial charge in [0.15, 0.2) is 0 Å². The molecule has 0 fully saturated rings. The summed E-state index contributed by atoms with van der Waals surface area (Å²) in [5.74, 6) is -0.379. The number of carbonyl (C=O) groups is 1. The average Bonchev–Trinajstić information content (AvgIpc) is 2.54. The van der Waals surface area contributed by atoms with Crippen LogP contribution in [0.15, 0.2) is 48.5 Å². The minimum absolute atomic E-state index is 0.101. The second-order valence-corrected chi connectivity index (χ2v) is 5.24. The fraction of sp³-hybridized carbons (Fsp3) is 0.278. The van der Waals surface area contributed by atoms with Gasteiger partial charge in [-0.05, 0) is 48.7 Å². The van der Waals surface area contributed by atoms with Crippen LogP contribution in [0.1, 0.15) is 31.0 Å². The van der Waals surface area contributed by atoms with Gasteiger partial charge in [-0.15, -0.1) is 0 Å². The fourth-order valence-corrected chi connectivity index (χ4v) is 2.17. The Labute approximate surface area is 130 Å². The topological polar surface area (TPSA) is 41.1 Å². The third-order valence-electron chi connectivity index (χ3n) is 3.56. The van der Waals surface area contributed by atoms with E-state index >= 15 is 0 Å². The lowest BCUT2D eigenvalue weighted by Crippen LogP contribution is -2.32. The Morgan fingerprint density at radius 3 is 2.32 bits per heavy atom. The molecular weight excluding hydrogens is 279 g/mol. The fourth-order valence-electron chi connectivity index (χ4n) is 2.17. The highest BCUT2D eigenvalue weighted by Crippen LogP contribution is 2.13. The van der Waals surface area contributed by atoms with Gasteiger partial charge in [-0.2, -0.15) is 0 Å². The second-order valence-electron chi connectivity index (χ2n) is 5.24. The Kier molecular flexibility index (Phi) is 5.53. The van der Waals surface area contributed by atoms with Crippen LogP contribution in [-0.2, 0) is 11.2 Å². The Balaban J connectivity index is 1.83. The first-order valence-electron chi connectivity index (χ1n) is 7.46. The SMILES string of the molecule is CCc1ccc(NCC(=O)NC(C)c2ccc(F)cc2)cc1. The predicted octanol–water partition coefficient (Wildman–Crippen LogP) is 3.68. The second kappa shape index (κ2) is 7.59. The average molecular weight is 300 g/mol. The molecule has 4 heteroatoms. The highest BCUT2D eigenvalue weighted by Gasteiger charge is 2.09. The molecule has 0 bridgehead atoms. The Bertz CT molecular complexity index is 608. The number of aryl methyl sites for hydroxylation is 1. The van der Waals surface area contributed by atoms with Crippen LogP contribution < -0.4 is 10.6 Å². The molecule has 0 spiro atoms. The molecule has 0 aromatic heterocycles. The maximum Gasteiger partial charge on any atom is 0.239 e. The van der Waals surface area contributed by atoms with E-state index in [9.17, 15) is 9.18 Å². The van der Waals surface area contributed by atoms with Gasteiger partial charge < -0.3 is 10.6 Å². The maximum absolute atomic E-state index is 12.9. The van der Waals surface area contributed by atoms with Crippen molar-refractivity contribution in [2.75, 3.05) is 11.9 Å². The molecule has 2 rings (SSSR count). The zero-order valence-corrected chi connectivity index (χ0v) is 12.9. The molecule has 0 aliphatic carbocycles. The van der Waals surface area contributed by atoms with Gasteiger partial charge in [-0.25, -0.2) is 4.39 Å². The summed E-state index contributed by atoms with van der Waals surface area (Å²) in [6.07, 6.45) is 0.996. The van der Waals surface area contributed by atoms with Crippen molar-refractivity contribution in [1.29, 1.82) is 0 Å². The van der Waals surface area contributed by atoms with Gasteiger partial charge >= 0.3 is 0 Å². The van der Waals surface area contributed by atoms with Crippen LogP contribution in [0.5, 0.6) is 0 Å². The normalized spacial score (nSPS) is 11.8. The van der Waals surface area contributed by atoms with Gasteiger partial charge in [0.2, 0.25) is 5.91 Å². The molecule has 116 valence electrons. The van der Waals surface area contributed by atoms with E-state index < -0.39 is 0 Å². The van der Waals surface area contributed by atoms with Crippen LogP contribution >= 0.6 is 0 Å². The molecule has 0 aliphatic heterocycles. The van der Waals surface area contributed by atoms with Crippen molar-refractivity contribution in [2.45, 2.75) is 26.3 Å². The van der Waals surface area contributed by atoms with Gasteiger partial charge in [-0.3, -0.25) is 4.79 Å². The highest BCUT2D eigenvalue weighted by molar-refractivity contribution is 5.81. The predicted molar refractivity (Wildman–Crippen MR) is 87.3 cm³/mol.